The number of nitrogens with zero attached hydrogens (tertiary/aromatic N) is 4. The van der Waals surface area contributed by atoms with E-state index in [0.29, 0.717) is 17.3 Å². The van der Waals surface area contributed by atoms with Gasteiger partial charge in [-0.3, -0.25) is 0 Å². The van der Waals surface area contributed by atoms with Gasteiger partial charge in [-0.1, -0.05) is 6.07 Å². The van der Waals surface area contributed by atoms with Crippen LogP contribution in [0.25, 0.3) is 0 Å². The summed E-state index contributed by atoms with van der Waals surface area (Å²) in [5.41, 5.74) is 6.34. The second-order valence-electron chi connectivity index (χ2n) is 3.70. The van der Waals surface area contributed by atoms with Crippen LogP contribution in [0.1, 0.15) is 16.2 Å². The highest BCUT2D eigenvalue weighted by Gasteiger charge is 2.16. The third-order valence-electron chi connectivity index (χ3n) is 2.35. The Labute approximate surface area is 109 Å². The number of para-hydroxylation sites is 1. The molecule has 19 heavy (non-hydrogen) atoms. The lowest BCUT2D eigenvalue weighted by Crippen LogP contribution is -2.09. The monoisotopic (exact) mass is 263 g/mol. The van der Waals surface area contributed by atoms with E-state index in [0.717, 1.165) is 0 Å². The predicted molar refractivity (Wildman–Crippen MR) is 65.3 cm³/mol. The summed E-state index contributed by atoms with van der Waals surface area (Å²) in [5, 5.41) is 11.2. The number of tetrazole rings is 1. The number of aryl methyl sites for hydroxylation is 1. The molecule has 0 radical (unpaired) electrons. The molecule has 0 aliphatic heterocycles. The number of anilines is 1. The van der Waals surface area contributed by atoms with Crippen molar-refractivity contribution in [1.29, 1.82) is 0 Å². The van der Waals surface area contributed by atoms with E-state index in [1.54, 1.807) is 25.2 Å². The van der Waals surface area contributed by atoms with Crippen molar-refractivity contribution in [2.45, 2.75) is 6.61 Å². The van der Waals surface area contributed by atoms with Gasteiger partial charge in [0.05, 0.1) is 19.8 Å². The van der Waals surface area contributed by atoms with Gasteiger partial charge in [-0.25, -0.2) is 4.79 Å². The van der Waals surface area contributed by atoms with Gasteiger partial charge >= 0.3 is 5.97 Å². The Bertz CT molecular complexity index is 596. The maximum absolute atomic E-state index is 11.9. The molecular formula is C11H13N5O3. The van der Waals surface area contributed by atoms with Gasteiger partial charge in [-0.2, -0.15) is 4.80 Å². The topological polar surface area (TPSA) is 105 Å². The van der Waals surface area contributed by atoms with Gasteiger partial charge in [0.2, 0.25) is 5.82 Å². The summed E-state index contributed by atoms with van der Waals surface area (Å²) in [6.07, 6.45) is 0. The number of nitrogens with two attached hydrogens (primary N) is 1. The highest BCUT2D eigenvalue weighted by molar-refractivity contribution is 5.94. The van der Waals surface area contributed by atoms with Gasteiger partial charge in [-0.15, -0.1) is 10.2 Å². The number of esters is 1. The molecule has 8 heteroatoms. The number of methoxy groups -OCH3 is 1. The van der Waals surface area contributed by atoms with Crippen LogP contribution in [0.3, 0.4) is 0 Å². The number of hydrogen-bond acceptors (Lipinski definition) is 7. The number of aromatic nitrogens is 4. The fraction of sp³-hybridized carbons (Fsp3) is 0.273. The van der Waals surface area contributed by atoms with Gasteiger partial charge in [0.15, 0.2) is 12.4 Å². The van der Waals surface area contributed by atoms with Crippen LogP contribution in [0.2, 0.25) is 0 Å². The third-order valence-corrected chi connectivity index (χ3v) is 2.35. The number of nitrogen functional groups attached to an aromatic ring is 1. The molecule has 2 rings (SSSR count). The van der Waals surface area contributed by atoms with Crippen LogP contribution >= 0.6 is 0 Å². The van der Waals surface area contributed by atoms with E-state index >= 15 is 0 Å². The quantitative estimate of drug-likeness (QED) is 0.618. The summed E-state index contributed by atoms with van der Waals surface area (Å²) in [4.78, 5) is 13.2. The number of ether oxygens (including phenoxy) is 2. The van der Waals surface area contributed by atoms with E-state index in [-0.39, 0.29) is 12.2 Å². The van der Waals surface area contributed by atoms with E-state index in [4.69, 9.17) is 15.2 Å². The van der Waals surface area contributed by atoms with E-state index in [9.17, 15) is 4.79 Å². The van der Waals surface area contributed by atoms with Crippen molar-refractivity contribution in [2.75, 3.05) is 12.8 Å². The summed E-state index contributed by atoms with van der Waals surface area (Å²) in [7, 11) is 3.06. The lowest BCUT2D eigenvalue weighted by Gasteiger charge is -2.09. The average molecular weight is 263 g/mol. The molecule has 0 aliphatic carbocycles. The van der Waals surface area contributed by atoms with Gasteiger partial charge in [0.1, 0.15) is 5.56 Å². The zero-order valence-electron chi connectivity index (χ0n) is 10.5. The molecule has 2 aromatic rings. The van der Waals surface area contributed by atoms with E-state index in [1.165, 1.54) is 11.9 Å². The highest BCUT2D eigenvalue weighted by atomic mass is 16.5. The lowest BCUT2D eigenvalue weighted by molar-refractivity contribution is 0.0458. The molecular weight excluding hydrogens is 250 g/mol. The number of hydrogen-bond donors (Lipinski definition) is 1. The summed E-state index contributed by atoms with van der Waals surface area (Å²) in [6.45, 7) is -0.0649. The number of carbonyl (C=O) groups excluding carboxylic acids is 1. The third kappa shape index (κ3) is 2.79. The van der Waals surface area contributed by atoms with Crippen molar-refractivity contribution >= 4 is 11.7 Å². The van der Waals surface area contributed by atoms with Crippen LogP contribution in [0, 0.1) is 0 Å². The van der Waals surface area contributed by atoms with Crippen LogP contribution in [0.4, 0.5) is 5.69 Å². The first-order valence-electron chi connectivity index (χ1n) is 5.44. The second-order valence-corrected chi connectivity index (χ2v) is 3.70. The maximum Gasteiger partial charge on any atom is 0.342 e. The largest absolute Gasteiger partial charge is 0.494 e. The van der Waals surface area contributed by atoms with Crippen molar-refractivity contribution in [3.05, 3.63) is 29.6 Å². The number of benzene rings is 1. The normalized spacial score (nSPS) is 10.2. The summed E-state index contributed by atoms with van der Waals surface area (Å²) in [6, 6.07) is 4.86. The molecule has 1 heterocycles. The van der Waals surface area contributed by atoms with E-state index in [2.05, 4.69) is 15.4 Å². The molecule has 2 N–H and O–H groups in total. The molecule has 1 aromatic carbocycles. The standard InChI is InChI=1S/C11H13N5O3/c1-16-14-9(13-15-16)6-19-11(17)7-4-3-5-8(12)10(7)18-2/h3-5H,6,12H2,1-2H3. The summed E-state index contributed by atoms with van der Waals surface area (Å²) in [5.74, 6) is 0.0509. The van der Waals surface area contributed by atoms with Gasteiger partial charge in [0.25, 0.3) is 0 Å². The van der Waals surface area contributed by atoms with Crippen molar-refractivity contribution in [1.82, 2.24) is 20.2 Å². The molecule has 1 aromatic heterocycles. The van der Waals surface area contributed by atoms with Crippen LogP contribution in [-0.4, -0.2) is 33.3 Å². The molecule has 0 saturated heterocycles. The SMILES string of the molecule is COc1c(N)cccc1C(=O)OCc1nnn(C)n1. The van der Waals surface area contributed by atoms with E-state index < -0.39 is 5.97 Å². The smallest absolute Gasteiger partial charge is 0.342 e. The molecule has 0 fully saturated rings. The van der Waals surface area contributed by atoms with Crippen molar-refractivity contribution in [3.8, 4) is 5.75 Å². The van der Waals surface area contributed by atoms with Crippen LogP contribution in [0.15, 0.2) is 18.2 Å². The highest BCUT2D eigenvalue weighted by Crippen LogP contribution is 2.26. The molecule has 8 nitrogen and oxygen atoms in total. The Hall–Kier alpha value is -2.64. The minimum Gasteiger partial charge on any atom is -0.494 e. The Morgan fingerprint density at radius 1 is 1.47 bits per heavy atom. The van der Waals surface area contributed by atoms with Crippen molar-refractivity contribution < 1.29 is 14.3 Å². The Kier molecular flexibility index (Phi) is 3.60. The van der Waals surface area contributed by atoms with Crippen molar-refractivity contribution in [3.63, 3.8) is 0 Å². The Morgan fingerprint density at radius 2 is 2.26 bits per heavy atom. The fourth-order valence-electron chi connectivity index (χ4n) is 1.53. The second kappa shape index (κ2) is 5.34. The first-order valence-corrected chi connectivity index (χ1v) is 5.44. The minimum absolute atomic E-state index is 0.0649. The Morgan fingerprint density at radius 3 is 2.89 bits per heavy atom. The van der Waals surface area contributed by atoms with Crippen molar-refractivity contribution in [2.24, 2.45) is 7.05 Å². The maximum atomic E-state index is 11.9. The molecule has 0 unspecified atom stereocenters. The van der Waals surface area contributed by atoms with Gasteiger partial charge in [-0.05, 0) is 17.3 Å². The molecule has 100 valence electrons. The summed E-state index contributed by atoms with van der Waals surface area (Å²) >= 11 is 0. The molecule has 0 amide bonds. The molecule has 0 aliphatic rings. The van der Waals surface area contributed by atoms with E-state index in [1.807, 2.05) is 0 Å². The fourth-order valence-corrected chi connectivity index (χ4v) is 1.53. The summed E-state index contributed by atoms with van der Waals surface area (Å²) < 4.78 is 10.2. The van der Waals surface area contributed by atoms with Gasteiger partial charge < -0.3 is 15.2 Å². The first kappa shape index (κ1) is 12.8. The molecule has 0 spiro atoms. The minimum atomic E-state index is -0.559. The first-order chi connectivity index (χ1) is 9.11. The number of rotatable bonds is 4. The molecule has 0 atom stereocenters. The zero-order valence-corrected chi connectivity index (χ0v) is 10.5. The lowest BCUT2D eigenvalue weighted by atomic mass is 10.2. The van der Waals surface area contributed by atoms with Crippen LogP contribution in [-0.2, 0) is 18.4 Å². The average Bonchev–Trinajstić information content (AvgIpc) is 2.81. The zero-order chi connectivity index (χ0) is 13.8. The van der Waals surface area contributed by atoms with Gasteiger partial charge in [0, 0.05) is 0 Å². The predicted octanol–water partition coefficient (Wildman–Crippen LogP) is 0.158. The number of carbonyl (C=O) groups is 1. The van der Waals surface area contributed by atoms with Crippen LogP contribution in [0.5, 0.6) is 5.75 Å². The Balaban J connectivity index is 2.10. The molecule has 0 bridgehead atoms. The molecule has 0 saturated carbocycles. The van der Waals surface area contributed by atoms with Crippen LogP contribution < -0.4 is 10.5 Å².